The van der Waals surface area contributed by atoms with Crippen LogP contribution in [0.1, 0.15) is 24.0 Å². The molecule has 5 nitrogen and oxygen atoms in total. The fourth-order valence-electron chi connectivity index (χ4n) is 2.97. The minimum Gasteiger partial charge on any atom is -0.348 e. The first-order valence-electron chi connectivity index (χ1n) is 8.17. The van der Waals surface area contributed by atoms with Crippen LogP contribution >= 0.6 is 11.3 Å². The monoisotopic (exact) mass is 365 g/mol. The molecule has 1 aromatic carbocycles. The summed E-state index contributed by atoms with van der Waals surface area (Å²) in [5.41, 5.74) is 2.09. The van der Waals surface area contributed by atoms with Crippen molar-refractivity contribution in [2.24, 2.45) is 5.92 Å². The van der Waals surface area contributed by atoms with E-state index in [-0.39, 0.29) is 0 Å². The number of nitrogens with zero attached hydrogens (tertiary/aromatic N) is 2. The van der Waals surface area contributed by atoms with Crippen molar-refractivity contribution in [3.05, 3.63) is 40.9 Å². The predicted octanol–water partition coefficient (Wildman–Crippen LogP) is 2.95. The van der Waals surface area contributed by atoms with E-state index in [0.29, 0.717) is 17.4 Å². The molecule has 1 atom stereocenters. The molecule has 1 fully saturated rings. The highest BCUT2D eigenvalue weighted by atomic mass is 32.2. The van der Waals surface area contributed by atoms with E-state index in [1.807, 2.05) is 31.5 Å². The molecule has 1 aliphatic heterocycles. The zero-order valence-electron chi connectivity index (χ0n) is 14.0. The number of piperidine rings is 1. The quantitative estimate of drug-likeness (QED) is 0.885. The van der Waals surface area contributed by atoms with Gasteiger partial charge in [-0.2, -0.15) is 0 Å². The lowest BCUT2D eigenvalue weighted by Gasteiger charge is -2.32. The number of hydrogen-bond donors (Lipinski definition) is 1. The number of aromatic nitrogens is 1. The molecule has 0 saturated carbocycles. The van der Waals surface area contributed by atoms with Gasteiger partial charge in [0.25, 0.3) is 0 Å². The lowest BCUT2D eigenvalue weighted by Crippen LogP contribution is -2.41. The Kier molecular flexibility index (Phi) is 5.22. The number of aryl methyl sites for hydroxylation is 2. The van der Waals surface area contributed by atoms with Gasteiger partial charge in [0.15, 0.2) is 5.13 Å². The third kappa shape index (κ3) is 3.96. The van der Waals surface area contributed by atoms with Crippen LogP contribution in [0, 0.1) is 19.8 Å². The summed E-state index contributed by atoms with van der Waals surface area (Å²) in [5.74, 6) is 0.309. The normalized spacial score (nSPS) is 18.8. The fourth-order valence-corrected chi connectivity index (χ4v) is 4.85. The van der Waals surface area contributed by atoms with E-state index in [4.69, 9.17) is 0 Å². The molecule has 0 spiro atoms. The lowest BCUT2D eigenvalue weighted by atomic mass is 9.99. The predicted molar refractivity (Wildman–Crippen MR) is 98.2 cm³/mol. The molecule has 0 bridgehead atoms. The first kappa shape index (κ1) is 17.4. The van der Waals surface area contributed by atoms with Gasteiger partial charge in [-0.1, -0.05) is 6.07 Å². The molecule has 1 aromatic heterocycles. The van der Waals surface area contributed by atoms with Crippen LogP contribution in [-0.4, -0.2) is 33.0 Å². The number of thiazole rings is 1. The third-order valence-corrected chi connectivity index (χ3v) is 6.81. The summed E-state index contributed by atoms with van der Waals surface area (Å²) in [7, 11) is -3.45. The van der Waals surface area contributed by atoms with Crippen molar-refractivity contribution >= 4 is 26.5 Å². The first-order chi connectivity index (χ1) is 11.5. The maximum absolute atomic E-state index is 12.5. The van der Waals surface area contributed by atoms with Gasteiger partial charge in [-0.15, -0.1) is 11.3 Å². The van der Waals surface area contributed by atoms with E-state index in [0.717, 1.165) is 42.2 Å². The fraction of sp³-hybridized carbons (Fsp3) is 0.471. The van der Waals surface area contributed by atoms with Gasteiger partial charge in [-0.3, -0.25) is 0 Å². The molecule has 1 saturated heterocycles. The van der Waals surface area contributed by atoms with E-state index in [1.165, 1.54) is 0 Å². The van der Waals surface area contributed by atoms with Crippen LogP contribution in [0.4, 0.5) is 5.13 Å². The number of rotatable bonds is 5. The Bertz CT molecular complexity index is 788. The smallest absolute Gasteiger partial charge is 0.240 e. The Hall–Kier alpha value is -1.44. The first-order valence-corrected chi connectivity index (χ1v) is 10.5. The van der Waals surface area contributed by atoms with Gasteiger partial charge < -0.3 is 4.90 Å². The molecule has 0 aliphatic carbocycles. The number of nitrogens with one attached hydrogen (secondary N) is 1. The Morgan fingerprint density at radius 3 is 2.88 bits per heavy atom. The molecule has 0 amide bonds. The standard InChI is InChI=1S/C17H23N3O2S2/c1-13-5-6-16(10-14(13)2)24(21,22)19-11-15-4-3-8-20(12-15)17-18-7-9-23-17/h5-7,9-10,15,19H,3-4,8,11-12H2,1-2H3. The molecule has 2 heterocycles. The van der Waals surface area contributed by atoms with E-state index in [2.05, 4.69) is 14.6 Å². The molecular formula is C17H23N3O2S2. The molecule has 3 rings (SSSR count). The zero-order valence-corrected chi connectivity index (χ0v) is 15.7. The van der Waals surface area contributed by atoms with Crippen LogP contribution in [-0.2, 0) is 10.0 Å². The molecule has 24 heavy (non-hydrogen) atoms. The summed E-state index contributed by atoms with van der Waals surface area (Å²) in [5, 5.41) is 3.00. The average Bonchev–Trinajstić information content (AvgIpc) is 3.10. The van der Waals surface area contributed by atoms with Crippen molar-refractivity contribution in [3.8, 4) is 0 Å². The van der Waals surface area contributed by atoms with Gasteiger partial charge in [0.2, 0.25) is 10.0 Å². The van der Waals surface area contributed by atoms with Crippen molar-refractivity contribution in [1.29, 1.82) is 0 Å². The average molecular weight is 366 g/mol. The number of sulfonamides is 1. The second kappa shape index (κ2) is 7.21. The molecule has 0 radical (unpaired) electrons. The van der Waals surface area contributed by atoms with Crippen molar-refractivity contribution in [2.75, 3.05) is 24.5 Å². The van der Waals surface area contributed by atoms with Crippen LogP contribution in [0.5, 0.6) is 0 Å². The summed E-state index contributed by atoms with van der Waals surface area (Å²) >= 11 is 1.63. The van der Waals surface area contributed by atoms with Gasteiger partial charge in [0, 0.05) is 31.2 Å². The molecular weight excluding hydrogens is 342 g/mol. The van der Waals surface area contributed by atoms with Crippen LogP contribution in [0.25, 0.3) is 0 Å². The zero-order chi connectivity index (χ0) is 17.2. The van der Waals surface area contributed by atoms with Gasteiger partial charge >= 0.3 is 0 Å². The van der Waals surface area contributed by atoms with Crippen molar-refractivity contribution in [1.82, 2.24) is 9.71 Å². The van der Waals surface area contributed by atoms with E-state index in [1.54, 1.807) is 23.5 Å². The Morgan fingerprint density at radius 2 is 2.17 bits per heavy atom. The SMILES string of the molecule is Cc1ccc(S(=O)(=O)NCC2CCCN(c3nccs3)C2)cc1C. The highest BCUT2D eigenvalue weighted by Gasteiger charge is 2.23. The second-order valence-electron chi connectivity index (χ2n) is 6.37. The molecule has 1 aliphatic rings. The minimum absolute atomic E-state index is 0.309. The van der Waals surface area contributed by atoms with Gasteiger partial charge in [-0.25, -0.2) is 18.1 Å². The molecule has 130 valence electrons. The summed E-state index contributed by atoms with van der Waals surface area (Å²) in [4.78, 5) is 6.95. The molecule has 7 heteroatoms. The van der Waals surface area contributed by atoms with Gasteiger partial charge in [0.05, 0.1) is 4.90 Å². The summed E-state index contributed by atoms with van der Waals surface area (Å²) in [6.07, 6.45) is 3.92. The number of hydrogen-bond acceptors (Lipinski definition) is 5. The van der Waals surface area contributed by atoms with Crippen LogP contribution in [0.3, 0.4) is 0 Å². The number of benzene rings is 1. The van der Waals surface area contributed by atoms with E-state index >= 15 is 0 Å². The van der Waals surface area contributed by atoms with Crippen LogP contribution in [0.15, 0.2) is 34.7 Å². The maximum atomic E-state index is 12.5. The maximum Gasteiger partial charge on any atom is 0.240 e. The van der Waals surface area contributed by atoms with Gasteiger partial charge in [0.1, 0.15) is 0 Å². The van der Waals surface area contributed by atoms with Crippen LogP contribution in [0.2, 0.25) is 0 Å². The largest absolute Gasteiger partial charge is 0.348 e. The second-order valence-corrected chi connectivity index (χ2v) is 9.01. The topological polar surface area (TPSA) is 62.3 Å². The van der Waals surface area contributed by atoms with Gasteiger partial charge in [-0.05, 0) is 55.9 Å². The summed E-state index contributed by atoms with van der Waals surface area (Å²) in [6.45, 7) is 6.23. The van der Waals surface area contributed by atoms with E-state index < -0.39 is 10.0 Å². The Labute approximate surface area is 147 Å². The molecule has 1 N–H and O–H groups in total. The highest BCUT2D eigenvalue weighted by Crippen LogP contribution is 2.25. The number of anilines is 1. The summed E-state index contributed by atoms with van der Waals surface area (Å²) < 4.78 is 27.8. The summed E-state index contributed by atoms with van der Waals surface area (Å²) in [6, 6.07) is 5.27. The van der Waals surface area contributed by atoms with Crippen molar-refractivity contribution < 1.29 is 8.42 Å². The third-order valence-electron chi connectivity index (χ3n) is 4.56. The Balaban J connectivity index is 1.62. The van der Waals surface area contributed by atoms with Crippen molar-refractivity contribution in [2.45, 2.75) is 31.6 Å². The highest BCUT2D eigenvalue weighted by molar-refractivity contribution is 7.89. The van der Waals surface area contributed by atoms with Crippen molar-refractivity contribution in [3.63, 3.8) is 0 Å². The Morgan fingerprint density at radius 1 is 1.33 bits per heavy atom. The minimum atomic E-state index is -3.45. The van der Waals surface area contributed by atoms with E-state index in [9.17, 15) is 8.42 Å². The van der Waals surface area contributed by atoms with Crippen LogP contribution < -0.4 is 9.62 Å². The molecule has 1 unspecified atom stereocenters. The molecule has 2 aromatic rings. The lowest BCUT2D eigenvalue weighted by molar-refractivity contribution is 0.410.